The van der Waals surface area contributed by atoms with Crippen LogP contribution in [0.3, 0.4) is 0 Å². The van der Waals surface area contributed by atoms with Gasteiger partial charge in [-0.3, -0.25) is 4.79 Å². The van der Waals surface area contributed by atoms with Gasteiger partial charge in [0.2, 0.25) is 0 Å². The Hall–Kier alpha value is -1.92. The summed E-state index contributed by atoms with van der Waals surface area (Å²) < 4.78 is 0. The topological polar surface area (TPSA) is 75.1 Å². The molecule has 0 aliphatic carbocycles. The molecule has 1 unspecified atom stereocenters. The van der Waals surface area contributed by atoms with E-state index in [2.05, 4.69) is 15.3 Å². The molecule has 2 rings (SSSR count). The largest absolute Gasteiger partial charge is 0.396 e. The standard InChI is InChI=1S/C16H19N3O2S/c1-12(7-10-20)19-15(21)14-16(18-9-8-17-14)22-11-13-5-3-2-4-6-13/h2-6,8-9,12,20H,7,10-11H2,1H3,(H,19,21). The number of rotatable bonds is 7. The third kappa shape index (κ3) is 4.82. The molecule has 0 saturated carbocycles. The van der Waals surface area contributed by atoms with Gasteiger partial charge >= 0.3 is 0 Å². The smallest absolute Gasteiger partial charge is 0.272 e. The molecule has 1 heterocycles. The average Bonchev–Trinajstić information content (AvgIpc) is 2.54. The molecule has 2 N–H and O–H groups in total. The maximum absolute atomic E-state index is 12.3. The van der Waals surface area contributed by atoms with Crippen molar-refractivity contribution in [3.05, 3.63) is 54.0 Å². The first-order chi connectivity index (χ1) is 10.7. The molecule has 5 nitrogen and oxygen atoms in total. The van der Waals surface area contributed by atoms with Crippen LogP contribution >= 0.6 is 11.8 Å². The first kappa shape index (κ1) is 16.5. The minimum absolute atomic E-state index is 0.0392. The fourth-order valence-electron chi connectivity index (χ4n) is 1.87. The third-order valence-corrected chi connectivity index (χ3v) is 4.09. The van der Waals surface area contributed by atoms with Gasteiger partial charge in [0, 0.05) is 30.8 Å². The van der Waals surface area contributed by atoms with Crippen molar-refractivity contribution in [2.75, 3.05) is 6.61 Å². The van der Waals surface area contributed by atoms with Crippen LogP contribution in [0.2, 0.25) is 0 Å². The predicted molar refractivity (Wildman–Crippen MR) is 86.7 cm³/mol. The number of nitrogens with zero attached hydrogens (tertiary/aromatic N) is 2. The van der Waals surface area contributed by atoms with Gasteiger partial charge in [-0.25, -0.2) is 9.97 Å². The zero-order chi connectivity index (χ0) is 15.8. The lowest BCUT2D eigenvalue weighted by atomic mass is 10.2. The normalized spacial score (nSPS) is 11.9. The van der Waals surface area contributed by atoms with Crippen LogP contribution in [0, 0.1) is 0 Å². The van der Waals surface area contributed by atoms with E-state index in [1.165, 1.54) is 18.0 Å². The van der Waals surface area contributed by atoms with Crippen LogP contribution in [0.1, 0.15) is 29.4 Å². The van der Waals surface area contributed by atoms with Crippen molar-refractivity contribution in [2.45, 2.75) is 30.2 Å². The van der Waals surface area contributed by atoms with Gasteiger partial charge in [0.15, 0.2) is 5.69 Å². The van der Waals surface area contributed by atoms with Gasteiger partial charge in [0.25, 0.3) is 5.91 Å². The molecule has 0 aliphatic heterocycles. The van der Waals surface area contributed by atoms with Crippen molar-refractivity contribution in [1.29, 1.82) is 0 Å². The van der Waals surface area contributed by atoms with Crippen LogP contribution < -0.4 is 5.32 Å². The zero-order valence-electron chi connectivity index (χ0n) is 12.4. The lowest BCUT2D eigenvalue weighted by Gasteiger charge is -2.13. The lowest BCUT2D eigenvalue weighted by Crippen LogP contribution is -2.34. The number of aromatic nitrogens is 2. The highest BCUT2D eigenvalue weighted by Crippen LogP contribution is 2.22. The van der Waals surface area contributed by atoms with Gasteiger partial charge < -0.3 is 10.4 Å². The Bertz CT molecular complexity index is 607. The van der Waals surface area contributed by atoms with Gasteiger partial charge in [-0.2, -0.15) is 0 Å². The van der Waals surface area contributed by atoms with Crippen molar-refractivity contribution in [3.63, 3.8) is 0 Å². The first-order valence-electron chi connectivity index (χ1n) is 7.10. The number of carbonyl (C=O) groups excluding carboxylic acids is 1. The minimum atomic E-state index is -0.260. The van der Waals surface area contributed by atoms with Crippen LogP contribution in [0.4, 0.5) is 0 Å². The highest BCUT2D eigenvalue weighted by molar-refractivity contribution is 7.98. The molecular weight excluding hydrogens is 298 g/mol. The number of aliphatic hydroxyl groups is 1. The highest BCUT2D eigenvalue weighted by atomic mass is 32.2. The first-order valence-corrected chi connectivity index (χ1v) is 8.08. The molecule has 0 spiro atoms. The number of carbonyl (C=O) groups is 1. The number of aliphatic hydroxyl groups excluding tert-OH is 1. The van der Waals surface area contributed by atoms with Crippen molar-refractivity contribution in [3.8, 4) is 0 Å². The number of hydrogen-bond acceptors (Lipinski definition) is 5. The number of hydrogen-bond donors (Lipinski definition) is 2. The summed E-state index contributed by atoms with van der Waals surface area (Å²) >= 11 is 1.49. The van der Waals surface area contributed by atoms with E-state index < -0.39 is 0 Å². The average molecular weight is 317 g/mol. The summed E-state index contributed by atoms with van der Waals surface area (Å²) in [6.45, 7) is 1.89. The second kappa shape index (κ2) is 8.51. The molecule has 0 aliphatic rings. The number of benzene rings is 1. The molecule has 1 aromatic carbocycles. The van der Waals surface area contributed by atoms with E-state index in [4.69, 9.17) is 5.11 Å². The summed E-state index contributed by atoms with van der Waals surface area (Å²) in [6.07, 6.45) is 3.61. The molecule has 0 fully saturated rings. The third-order valence-electron chi connectivity index (χ3n) is 3.04. The fraction of sp³-hybridized carbons (Fsp3) is 0.312. The van der Waals surface area contributed by atoms with Crippen LogP contribution in [-0.2, 0) is 5.75 Å². The molecular formula is C16H19N3O2S. The highest BCUT2D eigenvalue weighted by Gasteiger charge is 2.16. The second-order valence-electron chi connectivity index (χ2n) is 4.87. The Morgan fingerprint density at radius 1 is 1.27 bits per heavy atom. The Morgan fingerprint density at radius 3 is 2.73 bits per heavy atom. The van der Waals surface area contributed by atoms with Gasteiger partial charge in [-0.05, 0) is 18.9 Å². The van der Waals surface area contributed by atoms with E-state index in [1.54, 1.807) is 6.20 Å². The van der Waals surface area contributed by atoms with Crippen molar-refractivity contribution in [2.24, 2.45) is 0 Å². The number of amides is 1. The molecule has 22 heavy (non-hydrogen) atoms. The summed E-state index contributed by atoms with van der Waals surface area (Å²) in [6, 6.07) is 9.90. The lowest BCUT2D eigenvalue weighted by molar-refractivity contribution is 0.0925. The molecule has 1 aromatic heterocycles. The maximum atomic E-state index is 12.3. The summed E-state index contributed by atoms with van der Waals surface area (Å²) in [5.74, 6) is 0.469. The van der Waals surface area contributed by atoms with E-state index in [9.17, 15) is 4.79 Å². The summed E-state index contributed by atoms with van der Waals surface area (Å²) in [7, 11) is 0. The zero-order valence-corrected chi connectivity index (χ0v) is 13.2. The Kier molecular flexibility index (Phi) is 6.36. The van der Waals surface area contributed by atoms with E-state index in [-0.39, 0.29) is 18.6 Å². The van der Waals surface area contributed by atoms with Crippen LogP contribution in [0.25, 0.3) is 0 Å². The molecule has 1 amide bonds. The summed E-state index contributed by atoms with van der Waals surface area (Å²) in [5, 5.41) is 12.3. The van der Waals surface area contributed by atoms with E-state index in [0.717, 1.165) is 11.3 Å². The quantitative estimate of drug-likeness (QED) is 0.766. The van der Waals surface area contributed by atoms with E-state index in [1.807, 2.05) is 37.3 Å². The van der Waals surface area contributed by atoms with Crippen LogP contribution in [0.15, 0.2) is 47.8 Å². The minimum Gasteiger partial charge on any atom is -0.396 e. The molecule has 116 valence electrons. The summed E-state index contributed by atoms with van der Waals surface area (Å²) in [4.78, 5) is 20.7. The predicted octanol–water partition coefficient (Wildman–Crippen LogP) is 2.27. The number of nitrogens with one attached hydrogen (secondary N) is 1. The molecule has 1 atom stereocenters. The fourth-order valence-corrected chi connectivity index (χ4v) is 2.78. The van der Waals surface area contributed by atoms with Gasteiger partial charge in [0.05, 0.1) is 0 Å². The molecule has 0 saturated heterocycles. The van der Waals surface area contributed by atoms with Gasteiger partial charge in [0.1, 0.15) is 5.03 Å². The summed E-state index contributed by atoms with van der Waals surface area (Å²) in [5.41, 5.74) is 1.49. The molecule has 6 heteroatoms. The van der Waals surface area contributed by atoms with E-state index in [0.29, 0.717) is 17.1 Å². The molecule has 0 bridgehead atoms. The van der Waals surface area contributed by atoms with E-state index >= 15 is 0 Å². The Morgan fingerprint density at radius 2 is 2.00 bits per heavy atom. The van der Waals surface area contributed by atoms with Crippen molar-refractivity contribution < 1.29 is 9.90 Å². The monoisotopic (exact) mass is 317 g/mol. The Balaban J connectivity index is 2.04. The SMILES string of the molecule is CC(CCO)NC(=O)c1nccnc1SCc1ccccc1. The van der Waals surface area contributed by atoms with Gasteiger partial charge in [-0.15, -0.1) is 0 Å². The van der Waals surface area contributed by atoms with Crippen molar-refractivity contribution in [1.82, 2.24) is 15.3 Å². The molecule has 2 aromatic rings. The van der Waals surface area contributed by atoms with Crippen molar-refractivity contribution >= 4 is 17.7 Å². The Labute approximate surface area is 134 Å². The second-order valence-corrected chi connectivity index (χ2v) is 5.84. The van der Waals surface area contributed by atoms with Gasteiger partial charge in [-0.1, -0.05) is 42.1 Å². The van der Waals surface area contributed by atoms with Crippen LogP contribution in [-0.4, -0.2) is 33.6 Å². The maximum Gasteiger partial charge on any atom is 0.272 e. The van der Waals surface area contributed by atoms with Crippen LogP contribution in [0.5, 0.6) is 0 Å². The molecule has 0 radical (unpaired) electrons. The number of thioether (sulfide) groups is 1.